The first-order valence-corrected chi connectivity index (χ1v) is 6.56. The monoisotopic (exact) mass is 240 g/mol. The Morgan fingerprint density at radius 2 is 2.25 bits per heavy atom. The maximum absolute atomic E-state index is 11.9. The summed E-state index contributed by atoms with van der Waals surface area (Å²) in [5.74, 6) is 0.00472. The van der Waals surface area contributed by atoms with Crippen LogP contribution < -0.4 is 11.1 Å². The number of nitrogen functional groups attached to an aromatic ring is 1. The highest BCUT2D eigenvalue weighted by Crippen LogP contribution is 2.23. The number of thiophene rings is 1. The summed E-state index contributed by atoms with van der Waals surface area (Å²) in [7, 11) is 0. The van der Waals surface area contributed by atoms with Gasteiger partial charge in [0.2, 0.25) is 0 Å². The van der Waals surface area contributed by atoms with E-state index in [0.717, 1.165) is 24.1 Å². The van der Waals surface area contributed by atoms with Crippen LogP contribution in [0.3, 0.4) is 0 Å². The van der Waals surface area contributed by atoms with Crippen molar-refractivity contribution in [2.45, 2.75) is 46.1 Å². The normalized spacial score (nSPS) is 12.4. The Balaban J connectivity index is 2.64. The third-order valence-corrected chi connectivity index (χ3v) is 3.71. The summed E-state index contributed by atoms with van der Waals surface area (Å²) in [6.45, 7) is 6.15. The molecule has 0 aromatic carbocycles. The van der Waals surface area contributed by atoms with Gasteiger partial charge in [0.1, 0.15) is 0 Å². The van der Waals surface area contributed by atoms with E-state index in [-0.39, 0.29) is 11.9 Å². The Kier molecular flexibility index (Phi) is 4.80. The summed E-state index contributed by atoms with van der Waals surface area (Å²) in [6, 6.07) is 2.04. The van der Waals surface area contributed by atoms with Crippen molar-refractivity contribution in [2.75, 3.05) is 5.73 Å². The Morgan fingerprint density at radius 3 is 2.69 bits per heavy atom. The van der Waals surface area contributed by atoms with Gasteiger partial charge in [-0.05, 0) is 25.8 Å². The molecule has 4 heteroatoms. The maximum atomic E-state index is 11.9. The van der Waals surface area contributed by atoms with E-state index < -0.39 is 0 Å². The van der Waals surface area contributed by atoms with Gasteiger partial charge in [-0.2, -0.15) is 0 Å². The zero-order chi connectivity index (χ0) is 12.1. The molecule has 0 bridgehead atoms. The lowest BCUT2D eigenvalue weighted by molar-refractivity contribution is 0.0938. The minimum atomic E-state index is 0.00472. The van der Waals surface area contributed by atoms with Crippen molar-refractivity contribution in [1.82, 2.24) is 5.32 Å². The molecular formula is C12H20N2OS. The molecule has 0 fully saturated rings. The van der Waals surface area contributed by atoms with Gasteiger partial charge in [-0.15, -0.1) is 11.3 Å². The topological polar surface area (TPSA) is 55.1 Å². The molecule has 0 aliphatic heterocycles. The van der Waals surface area contributed by atoms with Crippen molar-refractivity contribution in [2.24, 2.45) is 0 Å². The summed E-state index contributed by atoms with van der Waals surface area (Å²) in [5, 5.41) is 3.04. The fourth-order valence-electron chi connectivity index (χ4n) is 1.59. The van der Waals surface area contributed by atoms with E-state index >= 15 is 0 Å². The first-order chi connectivity index (χ1) is 7.58. The minimum Gasteiger partial charge on any atom is -0.398 e. The van der Waals surface area contributed by atoms with Crippen molar-refractivity contribution >= 4 is 22.9 Å². The lowest BCUT2D eigenvalue weighted by atomic mass is 10.1. The van der Waals surface area contributed by atoms with Crippen LogP contribution in [0.1, 0.15) is 47.7 Å². The van der Waals surface area contributed by atoms with Crippen LogP contribution in [0.25, 0.3) is 0 Å². The molecule has 0 aliphatic carbocycles. The highest BCUT2D eigenvalue weighted by molar-refractivity contribution is 7.14. The zero-order valence-corrected chi connectivity index (χ0v) is 11.0. The lowest BCUT2D eigenvalue weighted by Crippen LogP contribution is -2.33. The van der Waals surface area contributed by atoms with Gasteiger partial charge in [-0.25, -0.2) is 0 Å². The largest absolute Gasteiger partial charge is 0.398 e. The Labute approximate surface area is 101 Å². The van der Waals surface area contributed by atoms with Gasteiger partial charge in [0.05, 0.1) is 4.88 Å². The molecule has 1 unspecified atom stereocenters. The molecule has 0 radical (unpaired) electrons. The standard InChI is InChI=1S/C12H20N2OS/c1-4-6-9(5-2)14-12(15)11-7-10(13)8(3)16-11/h7,9H,4-6,13H2,1-3H3,(H,14,15). The van der Waals surface area contributed by atoms with Gasteiger partial charge in [-0.3, -0.25) is 4.79 Å². The molecule has 90 valence electrons. The molecule has 0 aliphatic rings. The van der Waals surface area contributed by atoms with E-state index in [4.69, 9.17) is 5.73 Å². The average molecular weight is 240 g/mol. The molecule has 1 aromatic rings. The van der Waals surface area contributed by atoms with Crippen LogP contribution in [0, 0.1) is 6.92 Å². The van der Waals surface area contributed by atoms with Gasteiger partial charge < -0.3 is 11.1 Å². The van der Waals surface area contributed by atoms with Crippen LogP contribution in [0.5, 0.6) is 0 Å². The number of nitrogens with two attached hydrogens (primary N) is 1. The predicted octanol–water partition coefficient (Wildman–Crippen LogP) is 2.95. The molecule has 0 saturated heterocycles. The number of hydrogen-bond donors (Lipinski definition) is 2. The second-order valence-electron chi connectivity index (χ2n) is 3.99. The third kappa shape index (κ3) is 3.23. The third-order valence-electron chi connectivity index (χ3n) is 2.65. The Hall–Kier alpha value is -1.03. The van der Waals surface area contributed by atoms with Crippen molar-refractivity contribution < 1.29 is 4.79 Å². The molecule has 3 N–H and O–H groups in total. The molecule has 16 heavy (non-hydrogen) atoms. The summed E-state index contributed by atoms with van der Waals surface area (Å²) in [5.41, 5.74) is 6.44. The number of anilines is 1. The Morgan fingerprint density at radius 1 is 1.56 bits per heavy atom. The van der Waals surface area contributed by atoms with Gasteiger partial charge in [0.25, 0.3) is 5.91 Å². The number of amides is 1. The quantitative estimate of drug-likeness (QED) is 0.831. The van der Waals surface area contributed by atoms with Crippen molar-refractivity contribution in [3.8, 4) is 0 Å². The molecule has 1 amide bonds. The summed E-state index contributed by atoms with van der Waals surface area (Å²) < 4.78 is 0. The number of nitrogens with one attached hydrogen (secondary N) is 1. The average Bonchev–Trinajstić information content (AvgIpc) is 2.58. The van der Waals surface area contributed by atoms with Crippen molar-refractivity contribution in [3.63, 3.8) is 0 Å². The number of aryl methyl sites for hydroxylation is 1. The smallest absolute Gasteiger partial charge is 0.261 e. The van der Waals surface area contributed by atoms with E-state index in [2.05, 4.69) is 19.2 Å². The number of carbonyl (C=O) groups excluding carboxylic acids is 1. The molecule has 1 atom stereocenters. The van der Waals surface area contributed by atoms with Crippen LogP contribution in [0.2, 0.25) is 0 Å². The van der Waals surface area contributed by atoms with E-state index in [9.17, 15) is 4.79 Å². The van der Waals surface area contributed by atoms with Crippen LogP contribution in [-0.4, -0.2) is 11.9 Å². The van der Waals surface area contributed by atoms with E-state index in [0.29, 0.717) is 10.6 Å². The van der Waals surface area contributed by atoms with Crippen LogP contribution in [0.4, 0.5) is 5.69 Å². The molecule has 0 saturated carbocycles. The molecule has 3 nitrogen and oxygen atoms in total. The summed E-state index contributed by atoms with van der Waals surface area (Å²) in [6.07, 6.45) is 3.09. The Bertz CT molecular complexity index is 340. The minimum absolute atomic E-state index is 0.00472. The summed E-state index contributed by atoms with van der Waals surface area (Å²) in [4.78, 5) is 13.6. The van der Waals surface area contributed by atoms with Gasteiger partial charge in [0, 0.05) is 16.6 Å². The zero-order valence-electron chi connectivity index (χ0n) is 10.2. The first kappa shape index (κ1) is 13.0. The highest BCUT2D eigenvalue weighted by atomic mass is 32.1. The van der Waals surface area contributed by atoms with Crippen molar-refractivity contribution in [3.05, 3.63) is 15.8 Å². The van der Waals surface area contributed by atoms with Crippen LogP contribution >= 0.6 is 11.3 Å². The molecular weight excluding hydrogens is 220 g/mol. The highest BCUT2D eigenvalue weighted by Gasteiger charge is 2.14. The van der Waals surface area contributed by atoms with Crippen LogP contribution in [-0.2, 0) is 0 Å². The fraction of sp³-hybridized carbons (Fsp3) is 0.583. The number of carbonyl (C=O) groups is 1. The van der Waals surface area contributed by atoms with E-state index in [1.165, 1.54) is 11.3 Å². The first-order valence-electron chi connectivity index (χ1n) is 5.75. The van der Waals surface area contributed by atoms with Gasteiger partial charge in [-0.1, -0.05) is 20.3 Å². The van der Waals surface area contributed by atoms with E-state index in [1.54, 1.807) is 6.07 Å². The summed E-state index contributed by atoms with van der Waals surface area (Å²) >= 11 is 1.46. The predicted molar refractivity (Wildman–Crippen MR) is 69.9 cm³/mol. The molecule has 1 rings (SSSR count). The lowest BCUT2D eigenvalue weighted by Gasteiger charge is -2.15. The fourth-order valence-corrected chi connectivity index (χ4v) is 2.44. The number of rotatable bonds is 5. The second-order valence-corrected chi connectivity index (χ2v) is 5.25. The van der Waals surface area contributed by atoms with Crippen LogP contribution in [0.15, 0.2) is 6.07 Å². The van der Waals surface area contributed by atoms with Gasteiger partial charge in [0.15, 0.2) is 0 Å². The van der Waals surface area contributed by atoms with Gasteiger partial charge >= 0.3 is 0 Å². The number of hydrogen-bond acceptors (Lipinski definition) is 3. The SMILES string of the molecule is CCCC(CC)NC(=O)c1cc(N)c(C)s1. The molecule has 1 heterocycles. The molecule has 0 spiro atoms. The van der Waals surface area contributed by atoms with E-state index in [1.807, 2.05) is 6.92 Å². The maximum Gasteiger partial charge on any atom is 0.261 e. The van der Waals surface area contributed by atoms with Crippen molar-refractivity contribution in [1.29, 1.82) is 0 Å². The second kappa shape index (κ2) is 5.89. The molecule has 1 aromatic heterocycles.